The number of aromatic amines is 1. The van der Waals surface area contributed by atoms with E-state index < -0.39 is 24.6 Å². The minimum Gasteiger partial charge on any atom is -0.371 e. The van der Waals surface area contributed by atoms with Crippen LogP contribution >= 0.6 is 0 Å². The number of nitrogens with one attached hydrogen (secondary N) is 1. The second-order valence-corrected chi connectivity index (χ2v) is 3.85. The Balaban J connectivity index is 2.17. The first kappa shape index (κ1) is 11.9. The van der Waals surface area contributed by atoms with E-state index in [-0.39, 0.29) is 18.7 Å². The molecule has 5 nitrogen and oxygen atoms in total. The number of aromatic nitrogens is 2. The van der Waals surface area contributed by atoms with Crippen molar-refractivity contribution >= 4 is 5.91 Å². The maximum atomic E-state index is 12.2. The molecule has 8 heteroatoms. The zero-order valence-electron chi connectivity index (χ0n) is 8.67. The number of nitrogens with zero attached hydrogens (tertiary/aromatic N) is 1. The average molecular weight is 249 g/mol. The van der Waals surface area contributed by atoms with Gasteiger partial charge in [0.2, 0.25) is 0 Å². The highest BCUT2D eigenvalue weighted by molar-refractivity contribution is 5.92. The van der Waals surface area contributed by atoms with Crippen molar-refractivity contribution in [2.24, 2.45) is 5.73 Å². The number of alkyl halides is 3. The van der Waals surface area contributed by atoms with Crippen LogP contribution in [0.3, 0.4) is 0 Å². The molecule has 0 spiro atoms. The lowest BCUT2D eigenvalue weighted by Gasteiger charge is -2.23. The van der Waals surface area contributed by atoms with Crippen LogP contribution in [0.25, 0.3) is 0 Å². The van der Waals surface area contributed by atoms with Gasteiger partial charge >= 0.3 is 6.18 Å². The molecule has 1 aromatic rings. The Morgan fingerprint density at radius 1 is 1.59 bits per heavy atom. The Labute approximate surface area is 94.1 Å². The highest BCUT2D eigenvalue weighted by atomic mass is 19.4. The molecule has 1 aliphatic heterocycles. The van der Waals surface area contributed by atoms with Gasteiger partial charge in [-0.25, -0.2) is 0 Å². The zero-order valence-corrected chi connectivity index (χ0v) is 8.67. The number of nitrogens with two attached hydrogens (primary N) is 1. The average Bonchev–Trinajstić information content (AvgIpc) is 2.57. The summed E-state index contributed by atoms with van der Waals surface area (Å²) in [5.41, 5.74) is 6.01. The number of hydrogen-bond acceptors (Lipinski definition) is 3. The number of carbonyl (C=O) groups is 1. The van der Waals surface area contributed by atoms with E-state index in [1.807, 2.05) is 0 Å². The van der Waals surface area contributed by atoms with Crippen LogP contribution in [0.15, 0.2) is 0 Å². The molecular formula is C9H10F3N3O2. The molecule has 3 N–H and O–H groups in total. The predicted octanol–water partition coefficient (Wildman–Crippen LogP) is 0.902. The van der Waals surface area contributed by atoms with Crippen molar-refractivity contribution < 1.29 is 22.7 Å². The van der Waals surface area contributed by atoms with Crippen LogP contribution in [-0.4, -0.2) is 28.4 Å². The zero-order chi connectivity index (χ0) is 12.6. The highest BCUT2D eigenvalue weighted by Gasteiger charge is 2.36. The van der Waals surface area contributed by atoms with Gasteiger partial charge in [0.1, 0.15) is 0 Å². The summed E-state index contributed by atoms with van der Waals surface area (Å²) in [6.07, 6.45) is -6.34. The molecule has 0 saturated carbocycles. The number of primary amides is 1. The molecular weight excluding hydrogens is 239 g/mol. The molecule has 17 heavy (non-hydrogen) atoms. The van der Waals surface area contributed by atoms with Crippen LogP contribution in [0.5, 0.6) is 0 Å². The maximum Gasteiger partial charge on any atom is 0.391 e. The number of halogens is 3. The first-order valence-corrected chi connectivity index (χ1v) is 4.91. The molecule has 2 heterocycles. The summed E-state index contributed by atoms with van der Waals surface area (Å²) in [5.74, 6) is -0.754. The Kier molecular flexibility index (Phi) is 2.82. The summed E-state index contributed by atoms with van der Waals surface area (Å²) >= 11 is 0. The highest BCUT2D eigenvalue weighted by Crippen LogP contribution is 2.29. The van der Waals surface area contributed by atoms with Gasteiger partial charge in [0, 0.05) is 12.0 Å². The fourth-order valence-corrected chi connectivity index (χ4v) is 1.82. The SMILES string of the molecule is NC(=O)c1n[nH]c2c1CC(CC(F)(F)F)OC2. The Morgan fingerprint density at radius 2 is 2.29 bits per heavy atom. The summed E-state index contributed by atoms with van der Waals surface area (Å²) in [4.78, 5) is 11.0. The lowest BCUT2D eigenvalue weighted by atomic mass is 10.0. The van der Waals surface area contributed by atoms with Crippen molar-refractivity contribution in [1.82, 2.24) is 10.2 Å². The van der Waals surface area contributed by atoms with Gasteiger partial charge in [0.15, 0.2) is 5.69 Å². The summed E-state index contributed by atoms with van der Waals surface area (Å²) in [7, 11) is 0. The number of hydrogen-bond donors (Lipinski definition) is 2. The van der Waals surface area contributed by atoms with Gasteiger partial charge in [-0.05, 0) is 0 Å². The van der Waals surface area contributed by atoms with Crippen molar-refractivity contribution in [1.29, 1.82) is 0 Å². The predicted molar refractivity (Wildman–Crippen MR) is 50.1 cm³/mol. The van der Waals surface area contributed by atoms with Gasteiger partial charge in [-0.1, -0.05) is 0 Å². The van der Waals surface area contributed by atoms with Crippen LogP contribution in [0, 0.1) is 0 Å². The number of amides is 1. The van der Waals surface area contributed by atoms with Gasteiger partial charge in [0.25, 0.3) is 5.91 Å². The maximum absolute atomic E-state index is 12.2. The molecule has 0 aromatic carbocycles. The monoisotopic (exact) mass is 249 g/mol. The number of rotatable bonds is 2. The number of H-pyrrole nitrogens is 1. The third-order valence-corrected chi connectivity index (χ3v) is 2.54. The van der Waals surface area contributed by atoms with E-state index in [9.17, 15) is 18.0 Å². The number of fused-ring (bicyclic) bond motifs is 1. The molecule has 0 aliphatic carbocycles. The Morgan fingerprint density at radius 3 is 2.88 bits per heavy atom. The van der Waals surface area contributed by atoms with Gasteiger partial charge < -0.3 is 10.5 Å². The second-order valence-electron chi connectivity index (χ2n) is 3.85. The number of carbonyl (C=O) groups excluding carboxylic acids is 1. The van der Waals surface area contributed by atoms with E-state index in [4.69, 9.17) is 10.5 Å². The van der Waals surface area contributed by atoms with Gasteiger partial charge in [-0.2, -0.15) is 18.3 Å². The third kappa shape index (κ3) is 2.57. The van der Waals surface area contributed by atoms with Crippen LogP contribution in [0.1, 0.15) is 28.2 Å². The smallest absolute Gasteiger partial charge is 0.371 e. The van der Waals surface area contributed by atoms with Crippen molar-refractivity contribution in [3.05, 3.63) is 17.0 Å². The third-order valence-electron chi connectivity index (χ3n) is 2.54. The van der Waals surface area contributed by atoms with Gasteiger partial charge in [0.05, 0.1) is 24.8 Å². The molecule has 0 fully saturated rings. The molecule has 2 rings (SSSR count). The largest absolute Gasteiger partial charge is 0.391 e. The molecule has 1 aliphatic rings. The van der Waals surface area contributed by atoms with E-state index in [1.165, 1.54) is 0 Å². The molecule has 0 bridgehead atoms. The molecule has 0 radical (unpaired) electrons. The fourth-order valence-electron chi connectivity index (χ4n) is 1.82. The van der Waals surface area contributed by atoms with E-state index in [0.717, 1.165) is 0 Å². The minimum atomic E-state index is -4.29. The fraction of sp³-hybridized carbons (Fsp3) is 0.556. The van der Waals surface area contributed by atoms with E-state index in [0.29, 0.717) is 11.3 Å². The Hall–Kier alpha value is -1.57. The summed E-state index contributed by atoms with van der Waals surface area (Å²) < 4.78 is 41.6. The van der Waals surface area contributed by atoms with Crippen LogP contribution in [-0.2, 0) is 17.8 Å². The van der Waals surface area contributed by atoms with Crippen LogP contribution in [0.2, 0.25) is 0 Å². The molecule has 1 amide bonds. The Bertz CT molecular complexity index is 441. The standard InChI is InChI=1S/C9H10F3N3O2/c10-9(11,12)2-4-1-5-6(3-17-4)14-15-7(5)8(13)16/h4H,1-3H2,(H2,13,16)(H,14,15). The topological polar surface area (TPSA) is 81.0 Å². The lowest BCUT2D eigenvalue weighted by Crippen LogP contribution is -2.29. The van der Waals surface area contributed by atoms with E-state index >= 15 is 0 Å². The molecule has 1 unspecified atom stereocenters. The lowest BCUT2D eigenvalue weighted by molar-refractivity contribution is -0.163. The van der Waals surface area contributed by atoms with Crippen molar-refractivity contribution in [2.45, 2.75) is 31.7 Å². The minimum absolute atomic E-state index is 0.00419. The van der Waals surface area contributed by atoms with Crippen molar-refractivity contribution in [3.63, 3.8) is 0 Å². The summed E-state index contributed by atoms with van der Waals surface area (Å²) in [5, 5.41) is 6.20. The van der Waals surface area contributed by atoms with E-state index in [1.54, 1.807) is 0 Å². The molecule has 0 saturated heterocycles. The first-order valence-electron chi connectivity index (χ1n) is 4.91. The molecule has 1 atom stereocenters. The summed E-state index contributed by atoms with van der Waals surface area (Å²) in [6.45, 7) is -0.0175. The molecule has 94 valence electrons. The summed E-state index contributed by atoms with van der Waals surface area (Å²) in [6, 6.07) is 0. The quantitative estimate of drug-likeness (QED) is 0.817. The van der Waals surface area contributed by atoms with Crippen LogP contribution in [0.4, 0.5) is 13.2 Å². The first-order chi connectivity index (χ1) is 7.87. The van der Waals surface area contributed by atoms with E-state index in [2.05, 4.69) is 10.2 Å². The normalized spacial score (nSPS) is 20.1. The number of ether oxygens (including phenoxy) is 1. The van der Waals surface area contributed by atoms with Gasteiger partial charge in [-0.3, -0.25) is 9.89 Å². The second kappa shape index (κ2) is 4.02. The van der Waals surface area contributed by atoms with Gasteiger partial charge in [-0.15, -0.1) is 0 Å². The molecule has 1 aromatic heterocycles. The van der Waals surface area contributed by atoms with Crippen molar-refractivity contribution in [2.75, 3.05) is 0 Å². The van der Waals surface area contributed by atoms with Crippen molar-refractivity contribution in [3.8, 4) is 0 Å². The van der Waals surface area contributed by atoms with Crippen LogP contribution < -0.4 is 5.73 Å².